The van der Waals surface area contributed by atoms with Crippen molar-refractivity contribution in [3.8, 4) is 0 Å². The summed E-state index contributed by atoms with van der Waals surface area (Å²) in [6.45, 7) is 0. The Kier molecular flexibility index (Phi) is 32.5. The van der Waals surface area contributed by atoms with Crippen LogP contribution in [0.25, 0.3) is 0 Å². The maximum absolute atomic E-state index is 14.6. The highest BCUT2D eigenvalue weighted by Gasteiger charge is 3.00. The monoisotopic (exact) mass is 1720 g/mol. The fraction of sp³-hybridized carbons (Fsp3) is 1.00. The average Bonchev–Trinajstić information content (AvgIpc) is 0.687. The Bertz CT molecular complexity index is 2760. The number of halogens is 51. The quantitative estimate of drug-likeness (QED) is 0.0420. The summed E-state index contributed by atoms with van der Waals surface area (Å²) in [5.41, 5.74) is -2.77. The third-order valence-electron chi connectivity index (χ3n) is 17.0. The molecule has 0 aliphatic rings. The van der Waals surface area contributed by atoms with Gasteiger partial charge in [-0.2, -0.15) is 224 Å². The second kappa shape index (κ2) is 33.6. The molecular formula is C54H59F51O3. The van der Waals surface area contributed by atoms with Crippen molar-refractivity contribution in [1.29, 1.82) is 0 Å². The zero-order valence-electron chi connectivity index (χ0n) is 53.4. The van der Waals surface area contributed by atoms with Gasteiger partial charge in [0.05, 0.1) is 12.2 Å². The topological polar surface area (TPSA) is 60.7 Å². The first-order valence-corrected chi connectivity index (χ1v) is 30.4. The van der Waals surface area contributed by atoms with Crippen molar-refractivity contribution in [3.63, 3.8) is 0 Å². The van der Waals surface area contributed by atoms with Gasteiger partial charge in [-0.25, -0.2) is 0 Å². The van der Waals surface area contributed by atoms with E-state index in [4.69, 9.17) is 0 Å². The summed E-state index contributed by atoms with van der Waals surface area (Å²) in [6.07, 6.45) is -47.6. The predicted octanol–water partition coefficient (Wildman–Crippen LogP) is 25.0. The predicted molar refractivity (Wildman–Crippen MR) is 264 cm³/mol. The maximum Gasteiger partial charge on any atom is 0.460 e. The van der Waals surface area contributed by atoms with Crippen LogP contribution in [0.4, 0.5) is 224 Å². The molecule has 0 saturated carbocycles. The smallest absolute Gasteiger partial charge is 0.390 e. The highest BCUT2D eigenvalue weighted by molar-refractivity contribution is 5.20. The Balaban J connectivity index is 6.30. The van der Waals surface area contributed by atoms with E-state index in [1.807, 2.05) is 0 Å². The molecule has 0 aliphatic carbocycles. The van der Waals surface area contributed by atoms with E-state index in [1.165, 1.54) is 0 Å². The Hall–Kier alpha value is -3.69. The fourth-order valence-corrected chi connectivity index (χ4v) is 9.89. The number of rotatable bonds is 50. The van der Waals surface area contributed by atoms with Crippen molar-refractivity contribution in [1.82, 2.24) is 0 Å². The first kappa shape index (κ1) is 104. The standard InChI is InChI=1S/C54H59F51O3/c55-31(56,35(63,64)38(69,70)40(73,74)45(83,84)47(87,88)50(93,94)53(100,101)102)25-19-13-7-3-1-5-10-16-22-28(106)30(108,29(107)23-17-11-6-2-4-8-14-20-27-33(59,60)36(65,66)49(91,92)52(97,98)99)24-18-12-9-15-21-26-32(57,58)34(61,62)37(67,68)39(71,72)41(75,76)42(77,78)43(79,80)44(81,82)46(85,86)48(89,90)51(95,96)54(103,104)105/h28-29,106-108H,1-27H2. The van der Waals surface area contributed by atoms with Gasteiger partial charge < -0.3 is 15.3 Å². The van der Waals surface area contributed by atoms with Crippen molar-refractivity contribution < 1.29 is 239 Å². The molecule has 0 saturated heterocycles. The molecule has 3 nitrogen and oxygen atoms in total. The van der Waals surface area contributed by atoms with Crippen LogP contribution in [0.5, 0.6) is 0 Å². The molecular weight excluding hydrogens is 1670 g/mol. The molecule has 0 radical (unpaired) electrons. The van der Waals surface area contributed by atoms with Crippen LogP contribution in [-0.2, 0) is 0 Å². The zero-order chi connectivity index (χ0) is 86.7. The molecule has 0 heterocycles. The molecule has 0 aromatic heterocycles. The van der Waals surface area contributed by atoms with Gasteiger partial charge in [-0.3, -0.25) is 0 Å². The van der Waals surface area contributed by atoms with Crippen LogP contribution in [-0.4, -0.2) is 176 Å². The van der Waals surface area contributed by atoms with Gasteiger partial charge in [0.2, 0.25) is 0 Å². The number of aliphatic hydroxyl groups excluding tert-OH is 2. The van der Waals surface area contributed by atoms with Crippen LogP contribution in [0.1, 0.15) is 173 Å². The maximum atomic E-state index is 14.6. The Morgan fingerprint density at radius 3 is 0.444 bits per heavy atom. The highest BCUT2D eigenvalue weighted by Crippen LogP contribution is 2.70. The fourth-order valence-electron chi connectivity index (χ4n) is 9.89. The Morgan fingerprint density at radius 2 is 0.269 bits per heavy atom. The van der Waals surface area contributed by atoms with Crippen LogP contribution in [0.2, 0.25) is 0 Å². The van der Waals surface area contributed by atoms with Gasteiger partial charge in [0.25, 0.3) is 0 Å². The van der Waals surface area contributed by atoms with Gasteiger partial charge >= 0.3 is 143 Å². The van der Waals surface area contributed by atoms with Crippen LogP contribution in [0.3, 0.4) is 0 Å². The third kappa shape index (κ3) is 18.6. The van der Waals surface area contributed by atoms with Gasteiger partial charge in [-0.15, -0.1) is 0 Å². The van der Waals surface area contributed by atoms with Gasteiger partial charge in [0.15, 0.2) is 0 Å². The van der Waals surface area contributed by atoms with E-state index in [1.54, 1.807) is 0 Å². The summed E-state index contributed by atoms with van der Waals surface area (Å²) in [5, 5.41) is 33.6. The average molecular weight is 1720 g/mol. The van der Waals surface area contributed by atoms with E-state index in [-0.39, 0.29) is 70.6 Å². The van der Waals surface area contributed by atoms with Gasteiger partial charge in [0.1, 0.15) is 5.60 Å². The SMILES string of the molecule is OC(CCCCCCCCCCC(F)(F)C(F)(F)C(F)(F)C(F)(F)F)C(O)(CCCCCCCC(F)(F)C(F)(F)C(F)(F)C(F)(F)C(F)(F)C(F)(F)C(F)(F)C(F)(F)C(F)(F)C(F)(F)C(F)(F)C(F)(F)F)C(O)CCCCCCCCCCC(F)(F)C(F)(F)C(F)(F)C(F)(F)C(F)(F)C(F)(F)C(F)(F)C(F)(F)F. The molecule has 0 bridgehead atoms. The summed E-state index contributed by atoms with van der Waals surface area (Å²) < 4.78 is 696. The van der Waals surface area contributed by atoms with E-state index in [0.29, 0.717) is 0 Å². The van der Waals surface area contributed by atoms with Crippen molar-refractivity contribution >= 4 is 0 Å². The van der Waals surface area contributed by atoms with Crippen molar-refractivity contribution in [2.45, 2.75) is 334 Å². The van der Waals surface area contributed by atoms with E-state index in [9.17, 15) is 239 Å². The van der Waals surface area contributed by atoms with Crippen molar-refractivity contribution in [2.75, 3.05) is 0 Å². The minimum Gasteiger partial charge on any atom is -0.390 e. The molecule has 3 atom stereocenters. The molecule has 0 aromatic carbocycles. The number of aliphatic hydroxyl groups is 3. The molecule has 0 fully saturated rings. The van der Waals surface area contributed by atoms with E-state index >= 15 is 0 Å². The lowest BCUT2D eigenvalue weighted by molar-refractivity contribution is -0.482. The van der Waals surface area contributed by atoms with Crippen LogP contribution < -0.4 is 0 Å². The summed E-state index contributed by atoms with van der Waals surface area (Å²) in [4.78, 5) is 0. The molecule has 3 N–H and O–H groups in total. The molecule has 54 heteroatoms. The highest BCUT2D eigenvalue weighted by atomic mass is 19.5. The van der Waals surface area contributed by atoms with Gasteiger partial charge in [-0.05, 0) is 38.5 Å². The van der Waals surface area contributed by atoms with Crippen LogP contribution in [0, 0.1) is 0 Å². The zero-order valence-corrected chi connectivity index (χ0v) is 53.4. The lowest BCUT2D eigenvalue weighted by Crippen LogP contribution is -2.78. The first-order chi connectivity index (χ1) is 47.2. The molecule has 0 rings (SSSR count). The second-order valence-electron chi connectivity index (χ2n) is 25.0. The third-order valence-corrected chi connectivity index (χ3v) is 17.0. The normalized spacial score (nSPS) is 17.1. The summed E-state index contributed by atoms with van der Waals surface area (Å²) in [6, 6.07) is 0. The van der Waals surface area contributed by atoms with Crippen molar-refractivity contribution in [2.24, 2.45) is 0 Å². The molecule has 108 heavy (non-hydrogen) atoms. The summed E-state index contributed by atoms with van der Waals surface area (Å²) in [5.74, 6) is -178. The number of hydrogen-bond acceptors (Lipinski definition) is 3. The largest absolute Gasteiger partial charge is 0.460 e. The lowest BCUT2D eigenvalue weighted by Gasteiger charge is -2.45. The first-order valence-electron chi connectivity index (χ1n) is 30.4. The number of alkyl halides is 51. The number of hydrogen-bond donors (Lipinski definition) is 3. The molecule has 0 spiro atoms. The van der Waals surface area contributed by atoms with Crippen LogP contribution >= 0.6 is 0 Å². The summed E-state index contributed by atoms with van der Waals surface area (Å²) in [7, 11) is 0. The lowest BCUT2D eigenvalue weighted by atomic mass is 9.80. The molecule has 650 valence electrons. The second-order valence-corrected chi connectivity index (χ2v) is 25.0. The Labute approximate surface area is 573 Å². The van der Waals surface area contributed by atoms with Gasteiger partial charge in [0, 0.05) is 19.3 Å². The van der Waals surface area contributed by atoms with Crippen molar-refractivity contribution in [3.05, 3.63) is 0 Å². The Morgan fingerprint density at radius 1 is 0.148 bits per heavy atom. The molecule has 3 unspecified atom stereocenters. The minimum atomic E-state index is -9.81. The molecule has 0 aliphatic heterocycles. The summed E-state index contributed by atoms with van der Waals surface area (Å²) >= 11 is 0. The van der Waals surface area contributed by atoms with E-state index in [0.717, 1.165) is 0 Å². The molecule has 0 aromatic rings. The van der Waals surface area contributed by atoms with E-state index in [2.05, 4.69) is 0 Å². The van der Waals surface area contributed by atoms with Gasteiger partial charge in [-0.1, -0.05) is 116 Å². The molecule has 0 amide bonds. The van der Waals surface area contributed by atoms with E-state index < -0.39 is 263 Å². The number of unbranched alkanes of at least 4 members (excludes halogenated alkanes) is 18. The minimum absolute atomic E-state index is 0.00273. The van der Waals surface area contributed by atoms with Crippen LogP contribution in [0.15, 0.2) is 0 Å².